The second-order valence-electron chi connectivity index (χ2n) is 14.1. The summed E-state index contributed by atoms with van der Waals surface area (Å²) in [6, 6.07) is 0. The normalized spacial score (nSPS) is 15.7. The minimum Gasteiger partial charge on any atom is -0.462 e. The van der Waals surface area contributed by atoms with Gasteiger partial charge in [-0.25, -0.2) is 4.57 Å². The number of carbonyl (C=O) groups excluding carboxylic acids is 2. The first-order valence-electron chi connectivity index (χ1n) is 21.1. The summed E-state index contributed by atoms with van der Waals surface area (Å²) in [6.07, 6.45) is 36.5. The Hall–Kier alpha value is -2.67. The molecule has 0 saturated carbocycles. The molecular weight excluding hydrogens is 751 g/mol. The molecule has 0 radical (unpaired) electrons. The lowest BCUT2D eigenvalue weighted by Crippen LogP contribution is -2.30. The standard InChI is InChI=1S/C44H75O12P/c1-3-5-7-8-9-10-11-12-13-14-15-16-20-23-27-33-44(50)56-42(38-55-57(51,52)54-36-41(48)35-45)37-53-43(49)34-28-32-40(47)31-26-22-19-17-18-21-25-30-39(46)29-24-6-4-2/h10-13,18-19,21-22,25-26,30-31,39-42,45-48H,3-9,14-17,20,23-24,27-29,32-38H2,1-2H3,(H,51,52)/b11-10-,13-12-,21-18-,22-19-,30-25+,31-26+/t39-,40-,41-,42+/m0/s1. The van der Waals surface area contributed by atoms with Gasteiger partial charge in [-0.2, -0.15) is 0 Å². The summed E-state index contributed by atoms with van der Waals surface area (Å²) in [5.41, 5.74) is 0. The monoisotopic (exact) mass is 826 g/mol. The number of phosphoric ester groups is 1. The first kappa shape index (κ1) is 54.3. The summed E-state index contributed by atoms with van der Waals surface area (Å²) in [7, 11) is -4.68. The topological polar surface area (TPSA) is 189 Å². The highest BCUT2D eigenvalue weighted by atomic mass is 31.2. The van der Waals surface area contributed by atoms with Gasteiger partial charge in [0.25, 0.3) is 0 Å². The van der Waals surface area contributed by atoms with Crippen molar-refractivity contribution in [1.82, 2.24) is 0 Å². The van der Waals surface area contributed by atoms with Crippen LogP contribution in [0.1, 0.15) is 142 Å². The van der Waals surface area contributed by atoms with Crippen LogP contribution in [0.4, 0.5) is 0 Å². The molecule has 0 aromatic carbocycles. The number of hydrogen-bond donors (Lipinski definition) is 5. The van der Waals surface area contributed by atoms with Crippen LogP contribution in [0.3, 0.4) is 0 Å². The van der Waals surface area contributed by atoms with E-state index in [2.05, 4.69) is 42.7 Å². The summed E-state index contributed by atoms with van der Waals surface area (Å²) in [4.78, 5) is 35.0. The van der Waals surface area contributed by atoms with Gasteiger partial charge in [0.1, 0.15) is 12.7 Å². The van der Waals surface area contributed by atoms with Gasteiger partial charge in [0.2, 0.25) is 0 Å². The summed E-state index contributed by atoms with van der Waals surface area (Å²) < 4.78 is 32.5. The maximum absolute atomic E-state index is 12.6. The Bertz CT molecular complexity index is 1210. The van der Waals surface area contributed by atoms with Crippen molar-refractivity contribution in [1.29, 1.82) is 0 Å². The van der Waals surface area contributed by atoms with Gasteiger partial charge in [-0.05, 0) is 57.8 Å². The van der Waals surface area contributed by atoms with Crippen LogP contribution in [0.25, 0.3) is 0 Å². The van der Waals surface area contributed by atoms with Crippen LogP contribution in [-0.4, -0.2) is 88.1 Å². The highest BCUT2D eigenvalue weighted by Crippen LogP contribution is 2.43. The maximum atomic E-state index is 12.6. The summed E-state index contributed by atoms with van der Waals surface area (Å²) in [6.45, 7) is 1.96. The molecule has 0 aromatic rings. The quantitative estimate of drug-likeness (QED) is 0.0172. The van der Waals surface area contributed by atoms with Crippen LogP contribution in [0.5, 0.6) is 0 Å². The number of hydrogen-bond acceptors (Lipinski definition) is 11. The average Bonchev–Trinajstić information content (AvgIpc) is 3.18. The van der Waals surface area contributed by atoms with Gasteiger partial charge in [-0.3, -0.25) is 18.6 Å². The van der Waals surface area contributed by atoms with Crippen molar-refractivity contribution in [3.05, 3.63) is 72.9 Å². The molecule has 12 nitrogen and oxygen atoms in total. The lowest BCUT2D eigenvalue weighted by molar-refractivity contribution is -0.161. The Morgan fingerprint density at radius 3 is 1.72 bits per heavy atom. The first-order chi connectivity index (χ1) is 27.5. The molecule has 0 aromatic heterocycles. The van der Waals surface area contributed by atoms with Crippen LogP contribution in [0.2, 0.25) is 0 Å². The van der Waals surface area contributed by atoms with Crippen molar-refractivity contribution in [2.45, 2.75) is 167 Å². The molecule has 0 saturated heterocycles. The molecule has 0 heterocycles. The van der Waals surface area contributed by atoms with E-state index in [0.29, 0.717) is 25.7 Å². The van der Waals surface area contributed by atoms with E-state index in [1.807, 2.05) is 30.4 Å². The van der Waals surface area contributed by atoms with E-state index < -0.39 is 70.6 Å². The third kappa shape index (κ3) is 38.6. The summed E-state index contributed by atoms with van der Waals surface area (Å²) >= 11 is 0. The van der Waals surface area contributed by atoms with E-state index in [9.17, 15) is 34.4 Å². The molecule has 0 aliphatic carbocycles. The molecule has 0 aliphatic rings. The number of carbonyl (C=O) groups is 2. The Morgan fingerprint density at radius 1 is 0.596 bits per heavy atom. The fraction of sp³-hybridized carbons (Fsp3) is 0.682. The van der Waals surface area contributed by atoms with E-state index in [-0.39, 0.29) is 12.8 Å². The van der Waals surface area contributed by atoms with E-state index in [1.54, 1.807) is 18.2 Å². The molecule has 5 N–H and O–H groups in total. The summed E-state index contributed by atoms with van der Waals surface area (Å²) in [5.74, 6) is -1.18. The molecule has 5 atom stereocenters. The van der Waals surface area contributed by atoms with Gasteiger partial charge in [-0.15, -0.1) is 0 Å². The molecule has 0 amide bonds. The van der Waals surface area contributed by atoms with Gasteiger partial charge < -0.3 is 34.8 Å². The molecular formula is C44H75O12P. The van der Waals surface area contributed by atoms with Gasteiger partial charge in [-0.1, -0.05) is 145 Å². The number of allylic oxidation sites excluding steroid dienone is 10. The van der Waals surface area contributed by atoms with Crippen molar-refractivity contribution in [3.63, 3.8) is 0 Å². The zero-order chi connectivity index (χ0) is 42.2. The van der Waals surface area contributed by atoms with Gasteiger partial charge in [0.05, 0.1) is 32.0 Å². The predicted molar refractivity (Wildman–Crippen MR) is 226 cm³/mol. The van der Waals surface area contributed by atoms with E-state index in [4.69, 9.17) is 19.1 Å². The number of aliphatic hydroxyl groups excluding tert-OH is 4. The molecule has 0 rings (SSSR count). The number of ether oxygens (including phenoxy) is 2. The number of unbranched alkanes of at least 4 members (excludes halogenated alkanes) is 11. The van der Waals surface area contributed by atoms with E-state index in [1.165, 1.54) is 25.7 Å². The van der Waals surface area contributed by atoms with Crippen molar-refractivity contribution in [3.8, 4) is 0 Å². The van der Waals surface area contributed by atoms with Gasteiger partial charge >= 0.3 is 19.8 Å². The Labute approximate surface area is 343 Å². The maximum Gasteiger partial charge on any atom is 0.472 e. The number of rotatable bonds is 38. The third-order valence-electron chi connectivity index (χ3n) is 8.57. The molecule has 1 unspecified atom stereocenters. The van der Waals surface area contributed by atoms with E-state index in [0.717, 1.165) is 64.2 Å². The van der Waals surface area contributed by atoms with Crippen LogP contribution in [-0.2, 0) is 32.7 Å². The molecule has 0 aliphatic heterocycles. The van der Waals surface area contributed by atoms with Crippen LogP contribution in [0, 0.1) is 0 Å². The van der Waals surface area contributed by atoms with Crippen LogP contribution >= 0.6 is 7.82 Å². The lowest BCUT2D eigenvalue weighted by Gasteiger charge is -2.20. The largest absolute Gasteiger partial charge is 0.472 e. The molecule has 57 heavy (non-hydrogen) atoms. The minimum absolute atomic E-state index is 0.0137. The highest BCUT2D eigenvalue weighted by molar-refractivity contribution is 7.47. The SMILES string of the molecule is CCCCCC/C=C\C=C/CCCCCCCC(=O)O[C@H](COC(=O)CCC[C@@H](O)/C=C/C=C\C/C=C\C=C\[C@@H](O)CCCCC)COP(=O)(O)OC[C@@H](O)CO. The smallest absolute Gasteiger partial charge is 0.462 e. The van der Waals surface area contributed by atoms with Gasteiger partial charge in [0.15, 0.2) is 6.10 Å². The second-order valence-corrected chi connectivity index (χ2v) is 15.5. The molecule has 328 valence electrons. The molecule has 0 fully saturated rings. The Morgan fingerprint density at radius 2 is 1.11 bits per heavy atom. The Balaban J connectivity index is 4.60. The summed E-state index contributed by atoms with van der Waals surface area (Å²) in [5, 5.41) is 38.4. The van der Waals surface area contributed by atoms with E-state index >= 15 is 0 Å². The zero-order valence-electron chi connectivity index (χ0n) is 34.7. The Kier molecular flexibility index (Phi) is 37.0. The van der Waals surface area contributed by atoms with Crippen molar-refractivity contribution in [2.24, 2.45) is 0 Å². The minimum atomic E-state index is -4.68. The molecule has 13 heteroatoms. The third-order valence-corrected chi connectivity index (χ3v) is 9.52. The fourth-order valence-corrected chi connectivity index (χ4v) is 5.99. The van der Waals surface area contributed by atoms with Crippen molar-refractivity contribution >= 4 is 19.8 Å². The van der Waals surface area contributed by atoms with Crippen molar-refractivity contribution in [2.75, 3.05) is 26.4 Å². The lowest BCUT2D eigenvalue weighted by atomic mass is 10.1. The molecule has 0 spiro atoms. The average molecular weight is 827 g/mol. The van der Waals surface area contributed by atoms with Gasteiger partial charge in [0, 0.05) is 12.8 Å². The van der Waals surface area contributed by atoms with Crippen LogP contribution in [0.15, 0.2) is 72.9 Å². The first-order valence-corrected chi connectivity index (χ1v) is 22.6. The van der Waals surface area contributed by atoms with Crippen LogP contribution < -0.4 is 0 Å². The fourth-order valence-electron chi connectivity index (χ4n) is 5.20. The zero-order valence-corrected chi connectivity index (χ0v) is 35.6. The second kappa shape index (κ2) is 38.8. The molecule has 0 bridgehead atoms. The highest BCUT2D eigenvalue weighted by Gasteiger charge is 2.27. The predicted octanol–water partition coefficient (Wildman–Crippen LogP) is 8.83. The van der Waals surface area contributed by atoms with Crippen molar-refractivity contribution < 1.29 is 58.0 Å². The number of aliphatic hydroxyl groups is 4. The number of esters is 2. The number of phosphoric acid groups is 1.